The van der Waals surface area contributed by atoms with Crippen LogP contribution in [0.5, 0.6) is 0 Å². The molecular weight excluding hydrogens is 416 g/mol. The number of amides is 1. The van der Waals surface area contributed by atoms with Gasteiger partial charge in [0.2, 0.25) is 5.91 Å². The summed E-state index contributed by atoms with van der Waals surface area (Å²) in [7, 11) is -3.41. The molecule has 0 atom stereocenters. The summed E-state index contributed by atoms with van der Waals surface area (Å²) in [5, 5.41) is 2.93. The number of hydrogen-bond donors (Lipinski definition) is 1. The first-order valence-electron chi connectivity index (χ1n) is 10.4. The molecule has 0 spiro atoms. The number of likely N-dealkylation sites (tertiary alicyclic amines) is 1. The van der Waals surface area contributed by atoms with Crippen molar-refractivity contribution in [2.24, 2.45) is 5.92 Å². The molecule has 30 heavy (non-hydrogen) atoms. The molecule has 0 unspecified atom stereocenters. The lowest BCUT2D eigenvalue weighted by Gasteiger charge is -2.32. The van der Waals surface area contributed by atoms with Crippen LogP contribution in [0.4, 0.5) is 0 Å². The van der Waals surface area contributed by atoms with E-state index in [4.69, 9.17) is 0 Å². The van der Waals surface area contributed by atoms with E-state index in [9.17, 15) is 13.2 Å². The molecule has 2 aromatic rings. The van der Waals surface area contributed by atoms with Gasteiger partial charge in [0.05, 0.1) is 10.6 Å². The minimum atomic E-state index is -3.41. The van der Waals surface area contributed by atoms with Crippen molar-refractivity contribution in [3.63, 3.8) is 0 Å². The molecule has 0 aliphatic carbocycles. The van der Waals surface area contributed by atoms with Gasteiger partial charge in [-0.3, -0.25) is 9.69 Å². The highest BCUT2D eigenvalue weighted by molar-refractivity contribution is 7.98. The van der Waals surface area contributed by atoms with Gasteiger partial charge < -0.3 is 5.32 Å². The lowest BCUT2D eigenvalue weighted by molar-refractivity contribution is -0.120. The topological polar surface area (TPSA) is 66.5 Å². The van der Waals surface area contributed by atoms with Gasteiger partial charge in [-0.1, -0.05) is 36.4 Å². The van der Waals surface area contributed by atoms with Gasteiger partial charge in [0, 0.05) is 24.4 Å². The minimum absolute atomic E-state index is 0.00153. The van der Waals surface area contributed by atoms with Crippen LogP contribution in [0.15, 0.2) is 64.4 Å². The summed E-state index contributed by atoms with van der Waals surface area (Å²) in [6.07, 6.45) is 4.20. The van der Waals surface area contributed by atoms with Gasteiger partial charge in [-0.2, -0.15) is 0 Å². The van der Waals surface area contributed by atoms with Gasteiger partial charge >= 0.3 is 0 Å². The number of thioether (sulfide) groups is 1. The Labute approximate surface area is 184 Å². The first-order chi connectivity index (χ1) is 14.5. The van der Waals surface area contributed by atoms with Gasteiger partial charge in [0.15, 0.2) is 9.84 Å². The van der Waals surface area contributed by atoms with Crippen molar-refractivity contribution < 1.29 is 13.2 Å². The zero-order valence-electron chi connectivity index (χ0n) is 17.4. The fourth-order valence-corrected chi connectivity index (χ4v) is 5.61. The number of carbonyl (C=O) groups excluding carboxylic acids is 1. The summed E-state index contributed by atoms with van der Waals surface area (Å²) in [4.78, 5) is 16.2. The Balaban J connectivity index is 1.38. The molecule has 1 N–H and O–H groups in total. The number of piperidine rings is 1. The van der Waals surface area contributed by atoms with Crippen LogP contribution >= 0.6 is 11.8 Å². The Morgan fingerprint density at radius 2 is 1.73 bits per heavy atom. The third-order valence-corrected chi connectivity index (χ3v) is 8.15. The van der Waals surface area contributed by atoms with Crippen molar-refractivity contribution in [1.82, 2.24) is 10.2 Å². The molecule has 0 aromatic heterocycles. The molecule has 3 rings (SSSR count). The number of carbonyl (C=O) groups is 1. The molecule has 1 fully saturated rings. The molecule has 1 amide bonds. The van der Waals surface area contributed by atoms with Crippen molar-refractivity contribution in [2.75, 3.05) is 31.6 Å². The number of nitrogens with one attached hydrogen (secondary N) is 1. The van der Waals surface area contributed by atoms with Crippen LogP contribution in [0.1, 0.15) is 24.8 Å². The smallest absolute Gasteiger partial charge is 0.221 e. The van der Waals surface area contributed by atoms with Crippen LogP contribution in [0.3, 0.4) is 0 Å². The van der Waals surface area contributed by atoms with E-state index in [1.807, 2.05) is 0 Å². The standard InChI is InChI=1S/C23H30N2O3S2/c1-29-22-10-6-5-7-20(22)18-25-14-11-19(12-15-25)17-24-23(26)13-16-30(27,28)21-8-3-2-4-9-21/h2-10,19H,11-18H2,1H3,(H,24,26). The molecule has 1 saturated heterocycles. The second-order valence-corrected chi connectivity index (χ2v) is 10.7. The SMILES string of the molecule is CSc1ccccc1CN1CCC(CNC(=O)CCS(=O)(=O)c2ccccc2)CC1. The molecule has 162 valence electrons. The van der Waals surface area contributed by atoms with E-state index in [1.54, 1.807) is 42.1 Å². The summed E-state index contributed by atoms with van der Waals surface area (Å²) in [6.45, 7) is 3.63. The van der Waals surface area contributed by atoms with E-state index >= 15 is 0 Å². The first-order valence-corrected chi connectivity index (χ1v) is 13.2. The maximum absolute atomic E-state index is 12.3. The van der Waals surface area contributed by atoms with Crippen molar-refractivity contribution in [3.8, 4) is 0 Å². The zero-order valence-corrected chi connectivity index (χ0v) is 19.1. The summed E-state index contributed by atoms with van der Waals surface area (Å²) >= 11 is 1.78. The van der Waals surface area contributed by atoms with Crippen LogP contribution in [-0.2, 0) is 21.2 Å². The molecule has 0 radical (unpaired) electrons. The molecule has 1 heterocycles. The Kier molecular flexibility index (Phi) is 8.36. The van der Waals surface area contributed by atoms with Crippen molar-refractivity contribution >= 4 is 27.5 Å². The average molecular weight is 447 g/mol. The molecule has 2 aromatic carbocycles. The van der Waals surface area contributed by atoms with Crippen molar-refractivity contribution in [2.45, 2.75) is 35.6 Å². The van der Waals surface area contributed by atoms with E-state index in [0.717, 1.165) is 32.5 Å². The van der Waals surface area contributed by atoms with E-state index in [-0.39, 0.29) is 23.0 Å². The average Bonchev–Trinajstić information content (AvgIpc) is 2.78. The quantitative estimate of drug-likeness (QED) is 0.596. The summed E-state index contributed by atoms with van der Waals surface area (Å²) in [5.41, 5.74) is 1.37. The van der Waals surface area contributed by atoms with Crippen LogP contribution in [-0.4, -0.2) is 50.9 Å². The largest absolute Gasteiger partial charge is 0.356 e. The summed E-state index contributed by atoms with van der Waals surface area (Å²) in [6, 6.07) is 16.8. The predicted molar refractivity (Wildman–Crippen MR) is 122 cm³/mol. The number of hydrogen-bond acceptors (Lipinski definition) is 5. The van der Waals surface area contributed by atoms with E-state index in [0.29, 0.717) is 12.5 Å². The lowest BCUT2D eigenvalue weighted by atomic mass is 9.96. The number of benzene rings is 2. The second-order valence-electron chi connectivity index (χ2n) is 7.72. The van der Waals surface area contributed by atoms with E-state index < -0.39 is 9.84 Å². The fourth-order valence-electron chi connectivity index (χ4n) is 3.74. The molecule has 1 aliphatic heterocycles. The summed E-state index contributed by atoms with van der Waals surface area (Å²) < 4.78 is 24.6. The Morgan fingerprint density at radius 1 is 1.07 bits per heavy atom. The van der Waals surface area contributed by atoms with E-state index in [2.05, 4.69) is 40.7 Å². The number of sulfone groups is 1. The first kappa shape index (κ1) is 22.8. The van der Waals surface area contributed by atoms with Crippen LogP contribution in [0.25, 0.3) is 0 Å². The van der Waals surface area contributed by atoms with Crippen LogP contribution in [0.2, 0.25) is 0 Å². The highest BCUT2D eigenvalue weighted by atomic mass is 32.2. The zero-order chi connectivity index (χ0) is 21.4. The lowest BCUT2D eigenvalue weighted by Crippen LogP contribution is -2.38. The third kappa shape index (κ3) is 6.59. The highest BCUT2D eigenvalue weighted by Gasteiger charge is 2.21. The minimum Gasteiger partial charge on any atom is -0.356 e. The van der Waals surface area contributed by atoms with Gasteiger partial charge in [0.1, 0.15) is 0 Å². The maximum atomic E-state index is 12.3. The van der Waals surface area contributed by atoms with Gasteiger partial charge in [-0.15, -0.1) is 11.8 Å². The molecule has 7 heteroatoms. The normalized spacial score (nSPS) is 15.8. The Bertz CT molecular complexity index is 924. The molecule has 0 bridgehead atoms. The predicted octanol–water partition coefficient (Wildman–Crippen LogP) is 3.60. The third-order valence-electron chi connectivity index (χ3n) is 5.58. The van der Waals surface area contributed by atoms with Crippen molar-refractivity contribution in [1.29, 1.82) is 0 Å². The summed E-state index contributed by atoms with van der Waals surface area (Å²) in [5.74, 6) is 0.105. The van der Waals surface area contributed by atoms with Gasteiger partial charge in [-0.05, 0) is 61.9 Å². The van der Waals surface area contributed by atoms with Crippen molar-refractivity contribution in [3.05, 3.63) is 60.2 Å². The van der Waals surface area contributed by atoms with Crippen LogP contribution in [0, 0.1) is 5.92 Å². The number of nitrogens with zero attached hydrogens (tertiary/aromatic N) is 1. The Morgan fingerprint density at radius 3 is 2.43 bits per heavy atom. The maximum Gasteiger partial charge on any atom is 0.221 e. The molecule has 5 nitrogen and oxygen atoms in total. The highest BCUT2D eigenvalue weighted by Crippen LogP contribution is 2.24. The second kappa shape index (κ2) is 11.0. The fraction of sp³-hybridized carbons (Fsp3) is 0.435. The van der Waals surface area contributed by atoms with Gasteiger partial charge in [0.25, 0.3) is 0 Å². The van der Waals surface area contributed by atoms with Gasteiger partial charge in [-0.25, -0.2) is 8.42 Å². The Hall–Kier alpha value is -1.83. The molecule has 0 saturated carbocycles. The molecular formula is C23H30N2O3S2. The monoisotopic (exact) mass is 446 g/mol. The van der Waals surface area contributed by atoms with Crippen LogP contribution < -0.4 is 5.32 Å². The molecule has 1 aliphatic rings. The number of rotatable bonds is 9. The van der Waals surface area contributed by atoms with E-state index in [1.165, 1.54) is 10.5 Å².